The van der Waals surface area contributed by atoms with Gasteiger partial charge in [0.1, 0.15) is 18.1 Å². The maximum absolute atomic E-state index is 13.1. The van der Waals surface area contributed by atoms with Gasteiger partial charge in [0.25, 0.3) is 0 Å². The van der Waals surface area contributed by atoms with Crippen LogP contribution in [0.15, 0.2) is 35.3 Å². The molecule has 0 bridgehead atoms. The summed E-state index contributed by atoms with van der Waals surface area (Å²) in [7, 11) is 0. The van der Waals surface area contributed by atoms with Crippen LogP contribution in [-0.4, -0.2) is 71.2 Å². The van der Waals surface area contributed by atoms with E-state index in [0.717, 1.165) is 5.56 Å². The Bertz CT molecular complexity index is 909. The van der Waals surface area contributed by atoms with E-state index in [2.05, 4.69) is 33.6 Å². The van der Waals surface area contributed by atoms with E-state index < -0.39 is 47.9 Å². The summed E-state index contributed by atoms with van der Waals surface area (Å²) >= 11 is 3.99. The first-order valence-electron chi connectivity index (χ1n) is 11.6. The lowest BCUT2D eigenvalue weighted by atomic mass is 10.0. The van der Waals surface area contributed by atoms with Crippen molar-refractivity contribution in [1.29, 1.82) is 0 Å². The van der Waals surface area contributed by atoms with Gasteiger partial charge in [-0.3, -0.25) is 19.4 Å². The van der Waals surface area contributed by atoms with Crippen LogP contribution in [0.3, 0.4) is 0 Å². The molecule has 4 unspecified atom stereocenters. The minimum Gasteiger partial charge on any atom is -0.480 e. The Morgan fingerprint density at radius 1 is 0.972 bits per heavy atom. The van der Waals surface area contributed by atoms with Crippen molar-refractivity contribution in [2.45, 2.75) is 57.3 Å². The number of guanidine groups is 1. The van der Waals surface area contributed by atoms with Crippen LogP contribution in [0.2, 0.25) is 0 Å². The van der Waals surface area contributed by atoms with Gasteiger partial charge in [0.15, 0.2) is 5.96 Å². The zero-order valence-corrected chi connectivity index (χ0v) is 21.4. The Kier molecular flexibility index (Phi) is 13.3. The molecule has 0 aliphatic carbocycles. The van der Waals surface area contributed by atoms with Crippen LogP contribution in [0, 0.1) is 5.92 Å². The number of carboxylic acids is 1. The number of aliphatic imine (C=N–C) groups is 1. The fraction of sp³-hybridized carbons (Fsp3) is 0.522. The van der Waals surface area contributed by atoms with Crippen molar-refractivity contribution in [3.63, 3.8) is 0 Å². The number of thiol groups is 1. The minimum atomic E-state index is -1.22. The van der Waals surface area contributed by atoms with Crippen molar-refractivity contribution in [3.8, 4) is 0 Å². The maximum Gasteiger partial charge on any atom is 0.326 e. The molecule has 200 valence electrons. The summed E-state index contributed by atoms with van der Waals surface area (Å²) in [5.74, 6) is -3.41. The Morgan fingerprint density at radius 3 is 2.11 bits per heavy atom. The summed E-state index contributed by atoms with van der Waals surface area (Å²) in [6.45, 7) is 3.66. The topological polar surface area (TPSA) is 215 Å². The van der Waals surface area contributed by atoms with Crippen LogP contribution >= 0.6 is 12.6 Å². The monoisotopic (exact) mass is 523 g/mol. The molecular formula is C23H37N7O5S. The molecule has 0 aliphatic rings. The molecule has 36 heavy (non-hydrogen) atoms. The summed E-state index contributed by atoms with van der Waals surface area (Å²) < 4.78 is 0. The van der Waals surface area contributed by atoms with Crippen molar-refractivity contribution < 1.29 is 24.3 Å². The van der Waals surface area contributed by atoms with Gasteiger partial charge in [-0.05, 0) is 24.3 Å². The molecule has 0 aliphatic heterocycles. The number of benzene rings is 1. The average Bonchev–Trinajstić information content (AvgIpc) is 2.83. The van der Waals surface area contributed by atoms with Crippen LogP contribution in [0.5, 0.6) is 0 Å². The second kappa shape index (κ2) is 15.6. The third-order valence-electron chi connectivity index (χ3n) is 5.26. The SMILES string of the molecule is CC(C)C(NC(=O)C(N)CS)C(=O)NC(CCCN=C(N)N)C(=O)NC(Cc1ccccc1)C(=O)O. The number of carboxylic acid groups (broad SMARTS) is 1. The Balaban J connectivity index is 3.03. The molecule has 0 heterocycles. The van der Waals surface area contributed by atoms with Gasteiger partial charge in [0.2, 0.25) is 17.7 Å². The highest BCUT2D eigenvalue weighted by molar-refractivity contribution is 7.80. The molecule has 0 saturated carbocycles. The number of aliphatic carboxylic acids is 1. The second-order valence-electron chi connectivity index (χ2n) is 8.62. The summed E-state index contributed by atoms with van der Waals surface area (Å²) in [5, 5.41) is 17.4. The van der Waals surface area contributed by atoms with Gasteiger partial charge in [0, 0.05) is 18.7 Å². The lowest BCUT2D eigenvalue weighted by molar-refractivity contribution is -0.142. The molecule has 0 spiro atoms. The van der Waals surface area contributed by atoms with Crippen molar-refractivity contribution in [1.82, 2.24) is 16.0 Å². The number of hydrogen-bond donors (Lipinski definition) is 8. The zero-order valence-electron chi connectivity index (χ0n) is 20.5. The van der Waals surface area contributed by atoms with Gasteiger partial charge in [-0.2, -0.15) is 12.6 Å². The standard InChI is InChI=1S/C23H37N7O5S/c1-13(2)18(30-19(31)15(24)12-36)21(33)28-16(9-6-10-27-23(25)26)20(32)29-17(22(34)35)11-14-7-4-3-5-8-14/h3-5,7-8,13,15-18,36H,6,9-12,24H2,1-2H3,(H,28,33)(H,29,32)(H,30,31)(H,34,35)(H4,25,26,27). The van der Waals surface area contributed by atoms with Gasteiger partial charge >= 0.3 is 5.97 Å². The summed E-state index contributed by atoms with van der Waals surface area (Å²) in [4.78, 5) is 54.1. The number of hydrogen-bond acceptors (Lipinski definition) is 7. The van der Waals surface area contributed by atoms with Crippen LogP contribution < -0.4 is 33.2 Å². The molecule has 1 aromatic carbocycles. The van der Waals surface area contributed by atoms with Crippen LogP contribution in [0.4, 0.5) is 0 Å². The number of nitrogens with zero attached hydrogens (tertiary/aromatic N) is 1. The number of nitrogens with one attached hydrogen (secondary N) is 3. The molecule has 0 radical (unpaired) electrons. The average molecular weight is 524 g/mol. The zero-order chi connectivity index (χ0) is 27.3. The predicted octanol–water partition coefficient (Wildman–Crippen LogP) is -1.27. The first-order chi connectivity index (χ1) is 17.0. The Morgan fingerprint density at radius 2 is 1.58 bits per heavy atom. The number of amides is 3. The van der Waals surface area contributed by atoms with Gasteiger partial charge < -0.3 is 38.3 Å². The fourth-order valence-electron chi connectivity index (χ4n) is 3.23. The molecule has 13 heteroatoms. The molecule has 0 aromatic heterocycles. The number of carbonyl (C=O) groups is 4. The van der Waals surface area contributed by atoms with E-state index in [1.807, 2.05) is 0 Å². The van der Waals surface area contributed by atoms with Crippen molar-refractivity contribution >= 4 is 42.3 Å². The molecular weight excluding hydrogens is 486 g/mol. The van der Waals surface area contributed by atoms with Crippen LogP contribution in [0.25, 0.3) is 0 Å². The van der Waals surface area contributed by atoms with E-state index in [1.165, 1.54) is 0 Å². The maximum atomic E-state index is 13.1. The predicted molar refractivity (Wildman–Crippen MR) is 140 cm³/mol. The Hall–Kier alpha value is -3.32. The van der Waals surface area contributed by atoms with Gasteiger partial charge in [-0.1, -0.05) is 44.2 Å². The van der Waals surface area contributed by atoms with Crippen LogP contribution in [0.1, 0.15) is 32.3 Å². The van der Waals surface area contributed by atoms with E-state index in [1.54, 1.807) is 44.2 Å². The van der Waals surface area contributed by atoms with Crippen molar-refractivity contribution in [2.75, 3.05) is 12.3 Å². The number of rotatable bonds is 15. The molecule has 0 saturated heterocycles. The number of nitrogens with two attached hydrogens (primary N) is 3. The molecule has 3 amide bonds. The molecule has 12 nitrogen and oxygen atoms in total. The van der Waals surface area contributed by atoms with Crippen molar-refractivity contribution in [2.24, 2.45) is 28.1 Å². The third-order valence-corrected chi connectivity index (χ3v) is 5.65. The summed E-state index contributed by atoms with van der Waals surface area (Å²) in [5.41, 5.74) is 17.1. The van der Waals surface area contributed by atoms with Gasteiger partial charge in [0.05, 0.1) is 6.04 Å². The smallest absolute Gasteiger partial charge is 0.326 e. The second-order valence-corrected chi connectivity index (χ2v) is 8.98. The highest BCUT2D eigenvalue weighted by Gasteiger charge is 2.31. The molecule has 0 fully saturated rings. The van der Waals surface area contributed by atoms with E-state index in [9.17, 15) is 24.3 Å². The van der Waals surface area contributed by atoms with E-state index >= 15 is 0 Å². The third kappa shape index (κ3) is 11.0. The largest absolute Gasteiger partial charge is 0.480 e. The highest BCUT2D eigenvalue weighted by Crippen LogP contribution is 2.08. The minimum absolute atomic E-state index is 0.0584. The first-order valence-corrected chi connectivity index (χ1v) is 12.2. The normalized spacial score (nSPS) is 14.1. The first kappa shape index (κ1) is 30.7. The molecule has 1 aromatic rings. The van der Waals surface area contributed by atoms with Gasteiger partial charge in [-0.15, -0.1) is 0 Å². The quantitative estimate of drug-likeness (QED) is 0.0599. The van der Waals surface area contributed by atoms with Gasteiger partial charge in [-0.25, -0.2) is 4.79 Å². The molecule has 1 rings (SSSR count). The molecule has 10 N–H and O–H groups in total. The summed E-state index contributed by atoms with van der Waals surface area (Å²) in [6.07, 6.45) is 0.514. The van der Waals surface area contributed by atoms with Crippen molar-refractivity contribution in [3.05, 3.63) is 35.9 Å². The van der Waals surface area contributed by atoms with E-state index in [-0.39, 0.29) is 37.0 Å². The van der Waals surface area contributed by atoms with E-state index in [4.69, 9.17) is 17.2 Å². The summed E-state index contributed by atoms with van der Waals surface area (Å²) in [6, 6.07) is 4.64. The Labute approximate surface area is 216 Å². The lowest BCUT2D eigenvalue weighted by Gasteiger charge is -2.27. The number of carbonyl (C=O) groups excluding carboxylic acids is 3. The van der Waals surface area contributed by atoms with Crippen LogP contribution in [-0.2, 0) is 25.6 Å². The van der Waals surface area contributed by atoms with E-state index in [0.29, 0.717) is 6.42 Å². The lowest BCUT2D eigenvalue weighted by Crippen LogP contribution is -2.58. The fourth-order valence-corrected chi connectivity index (χ4v) is 3.40. The molecule has 4 atom stereocenters. The highest BCUT2D eigenvalue weighted by atomic mass is 32.1.